The second-order valence-corrected chi connectivity index (χ2v) is 5.40. The van der Waals surface area contributed by atoms with E-state index in [2.05, 4.69) is 22.1 Å². The van der Waals surface area contributed by atoms with Crippen molar-refractivity contribution in [1.29, 1.82) is 0 Å². The minimum atomic E-state index is -0.153. The number of fused-ring (bicyclic) bond motifs is 1. The maximum atomic E-state index is 12.1. The summed E-state index contributed by atoms with van der Waals surface area (Å²) in [5.74, 6) is 5.75. The molecule has 0 aliphatic rings. The van der Waals surface area contributed by atoms with E-state index in [1.54, 1.807) is 30.3 Å². The van der Waals surface area contributed by atoms with Gasteiger partial charge in [-0.2, -0.15) is 0 Å². The molecule has 0 aliphatic carbocycles. The maximum Gasteiger partial charge on any atom is 0.252 e. The Balaban J connectivity index is 1.59. The number of ketones is 1. The minimum Gasteiger partial charge on any atom is -0.361 e. The van der Waals surface area contributed by atoms with Crippen molar-refractivity contribution in [2.75, 3.05) is 6.54 Å². The summed E-state index contributed by atoms with van der Waals surface area (Å²) in [5, 5.41) is 3.78. The van der Waals surface area contributed by atoms with Crippen molar-refractivity contribution < 1.29 is 9.59 Å². The highest BCUT2D eigenvalue weighted by Crippen LogP contribution is 2.14. The molecule has 0 spiro atoms. The summed E-state index contributed by atoms with van der Waals surface area (Å²) >= 11 is 0. The molecular formula is C20H16N2O2. The van der Waals surface area contributed by atoms with Gasteiger partial charge in [0.1, 0.15) is 0 Å². The first-order chi connectivity index (χ1) is 11.6. The van der Waals surface area contributed by atoms with Gasteiger partial charge in [0, 0.05) is 33.8 Å². The first-order valence-corrected chi connectivity index (χ1v) is 7.59. The second kappa shape index (κ2) is 6.84. The molecule has 0 saturated heterocycles. The molecule has 4 nitrogen and oxygen atoms in total. The van der Waals surface area contributed by atoms with Crippen LogP contribution in [0.15, 0.2) is 54.7 Å². The van der Waals surface area contributed by atoms with E-state index in [0.717, 1.165) is 16.5 Å². The van der Waals surface area contributed by atoms with Crippen LogP contribution in [0.25, 0.3) is 10.9 Å². The van der Waals surface area contributed by atoms with Crippen LogP contribution in [-0.4, -0.2) is 23.2 Å². The first-order valence-electron chi connectivity index (χ1n) is 7.59. The largest absolute Gasteiger partial charge is 0.361 e. The van der Waals surface area contributed by atoms with Gasteiger partial charge in [0.2, 0.25) is 0 Å². The van der Waals surface area contributed by atoms with Gasteiger partial charge < -0.3 is 10.3 Å². The molecule has 1 amide bonds. The van der Waals surface area contributed by atoms with Crippen molar-refractivity contribution in [2.45, 2.75) is 6.92 Å². The fourth-order valence-corrected chi connectivity index (χ4v) is 2.36. The highest BCUT2D eigenvalue weighted by Gasteiger charge is 2.05. The molecule has 2 N–H and O–H groups in total. The van der Waals surface area contributed by atoms with Gasteiger partial charge in [-0.1, -0.05) is 24.0 Å². The summed E-state index contributed by atoms with van der Waals surface area (Å²) in [6.07, 6.45) is 1.84. The van der Waals surface area contributed by atoms with E-state index in [-0.39, 0.29) is 18.2 Å². The Morgan fingerprint density at radius 3 is 2.54 bits per heavy atom. The van der Waals surface area contributed by atoms with Crippen LogP contribution in [0.5, 0.6) is 0 Å². The van der Waals surface area contributed by atoms with E-state index in [9.17, 15) is 9.59 Å². The van der Waals surface area contributed by atoms with E-state index >= 15 is 0 Å². The number of benzene rings is 2. The van der Waals surface area contributed by atoms with Gasteiger partial charge in [-0.3, -0.25) is 9.59 Å². The molecule has 24 heavy (non-hydrogen) atoms. The van der Waals surface area contributed by atoms with Gasteiger partial charge in [0.05, 0.1) is 6.54 Å². The Hall–Kier alpha value is -3.32. The Morgan fingerprint density at radius 1 is 1.04 bits per heavy atom. The second-order valence-electron chi connectivity index (χ2n) is 5.40. The molecule has 4 heteroatoms. The predicted octanol–water partition coefficient (Wildman–Crippen LogP) is 3.15. The number of rotatable bonds is 3. The minimum absolute atomic E-state index is 0.0289. The normalized spacial score (nSPS) is 10.0. The fraction of sp³-hybridized carbons (Fsp3) is 0.100. The average Bonchev–Trinajstić information content (AvgIpc) is 3.06. The Kier molecular flexibility index (Phi) is 4.44. The fourth-order valence-electron chi connectivity index (χ4n) is 2.36. The monoisotopic (exact) mass is 316 g/mol. The van der Waals surface area contributed by atoms with E-state index in [0.29, 0.717) is 11.1 Å². The number of Topliss-reactive ketones (excluding diaryl/α,β-unsaturated/α-hetero) is 1. The Bertz CT molecular complexity index is 956. The zero-order valence-corrected chi connectivity index (χ0v) is 13.2. The lowest BCUT2D eigenvalue weighted by atomic mass is 10.1. The highest BCUT2D eigenvalue weighted by molar-refractivity contribution is 5.98. The van der Waals surface area contributed by atoms with Crippen molar-refractivity contribution in [3.05, 3.63) is 71.4 Å². The van der Waals surface area contributed by atoms with Crippen LogP contribution in [0.3, 0.4) is 0 Å². The first kappa shape index (κ1) is 15.6. The van der Waals surface area contributed by atoms with E-state index in [1.807, 2.05) is 24.4 Å². The van der Waals surface area contributed by atoms with Crippen molar-refractivity contribution in [2.24, 2.45) is 0 Å². The molecule has 3 rings (SSSR count). The molecule has 118 valence electrons. The number of nitrogens with one attached hydrogen (secondary N) is 2. The lowest BCUT2D eigenvalue weighted by Crippen LogP contribution is -2.23. The molecular weight excluding hydrogens is 300 g/mol. The van der Waals surface area contributed by atoms with Gasteiger partial charge in [-0.05, 0) is 43.3 Å². The number of hydrogen-bond acceptors (Lipinski definition) is 2. The molecule has 1 heterocycles. The van der Waals surface area contributed by atoms with E-state index in [4.69, 9.17) is 0 Å². The molecule has 0 radical (unpaired) electrons. The van der Waals surface area contributed by atoms with Crippen LogP contribution in [0.2, 0.25) is 0 Å². The third kappa shape index (κ3) is 3.53. The summed E-state index contributed by atoms with van der Waals surface area (Å²) < 4.78 is 0. The van der Waals surface area contributed by atoms with Crippen LogP contribution in [0.1, 0.15) is 33.2 Å². The molecule has 0 fully saturated rings. The summed E-state index contributed by atoms with van der Waals surface area (Å²) in [5.41, 5.74) is 3.08. The van der Waals surface area contributed by atoms with E-state index in [1.165, 1.54) is 6.92 Å². The molecule has 1 aromatic heterocycles. The number of hydrogen-bond donors (Lipinski definition) is 2. The number of carbonyl (C=O) groups is 2. The van der Waals surface area contributed by atoms with E-state index < -0.39 is 0 Å². The molecule has 0 saturated carbocycles. The number of amides is 1. The summed E-state index contributed by atoms with van der Waals surface area (Å²) in [6, 6.07) is 14.5. The molecule has 0 aliphatic heterocycles. The van der Waals surface area contributed by atoms with Crippen molar-refractivity contribution >= 4 is 22.6 Å². The van der Waals surface area contributed by atoms with Gasteiger partial charge in [-0.25, -0.2) is 0 Å². The number of carbonyl (C=O) groups excluding carboxylic acids is 2. The third-order valence-corrected chi connectivity index (χ3v) is 3.68. The van der Waals surface area contributed by atoms with Gasteiger partial charge in [-0.15, -0.1) is 0 Å². The lowest BCUT2D eigenvalue weighted by Gasteiger charge is -2.01. The molecule has 2 aromatic carbocycles. The quantitative estimate of drug-likeness (QED) is 0.576. The standard InChI is InChI=1S/C20H16N2O2/c1-14(23)16-6-4-15(5-7-16)3-2-11-22-20(24)18-8-9-19-17(13-18)10-12-21-19/h4-10,12-13,21H,11H2,1H3,(H,22,24). The molecule has 0 unspecified atom stereocenters. The Labute approximate surface area is 139 Å². The van der Waals surface area contributed by atoms with Crippen LogP contribution < -0.4 is 5.32 Å². The number of aromatic amines is 1. The van der Waals surface area contributed by atoms with Gasteiger partial charge in [0.25, 0.3) is 5.91 Å². The number of H-pyrrole nitrogens is 1. The lowest BCUT2D eigenvalue weighted by molar-refractivity contribution is 0.0957. The summed E-state index contributed by atoms with van der Waals surface area (Å²) in [7, 11) is 0. The maximum absolute atomic E-state index is 12.1. The molecule has 3 aromatic rings. The summed E-state index contributed by atoms with van der Waals surface area (Å²) in [4.78, 5) is 26.4. The zero-order chi connectivity index (χ0) is 16.9. The zero-order valence-electron chi connectivity index (χ0n) is 13.2. The number of aromatic nitrogens is 1. The SMILES string of the molecule is CC(=O)c1ccc(C#CCNC(=O)c2ccc3[nH]ccc3c2)cc1. The Morgan fingerprint density at radius 2 is 1.79 bits per heavy atom. The van der Waals surface area contributed by atoms with Crippen LogP contribution in [0, 0.1) is 11.8 Å². The molecule has 0 atom stereocenters. The summed E-state index contributed by atoms with van der Waals surface area (Å²) in [6.45, 7) is 1.79. The van der Waals surface area contributed by atoms with Crippen molar-refractivity contribution in [3.8, 4) is 11.8 Å². The topological polar surface area (TPSA) is 62.0 Å². The van der Waals surface area contributed by atoms with Crippen LogP contribution in [0.4, 0.5) is 0 Å². The van der Waals surface area contributed by atoms with Crippen LogP contribution >= 0.6 is 0 Å². The molecule has 0 bridgehead atoms. The predicted molar refractivity (Wildman–Crippen MR) is 94.0 cm³/mol. The van der Waals surface area contributed by atoms with Gasteiger partial charge >= 0.3 is 0 Å². The highest BCUT2D eigenvalue weighted by atomic mass is 16.1. The smallest absolute Gasteiger partial charge is 0.252 e. The van der Waals surface area contributed by atoms with Crippen molar-refractivity contribution in [3.63, 3.8) is 0 Å². The van der Waals surface area contributed by atoms with Crippen molar-refractivity contribution in [1.82, 2.24) is 10.3 Å². The average molecular weight is 316 g/mol. The third-order valence-electron chi connectivity index (χ3n) is 3.68. The van der Waals surface area contributed by atoms with Gasteiger partial charge in [0.15, 0.2) is 5.78 Å². The van der Waals surface area contributed by atoms with Crippen LogP contribution in [-0.2, 0) is 0 Å².